The molecule has 2 saturated heterocycles. The van der Waals surface area contributed by atoms with E-state index in [1.54, 1.807) is 6.20 Å². The van der Waals surface area contributed by atoms with Crippen molar-refractivity contribution in [1.82, 2.24) is 15.2 Å². The number of amides is 2. The molecule has 6 nitrogen and oxygen atoms in total. The van der Waals surface area contributed by atoms with Crippen molar-refractivity contribution in [2.45, 2.75) is 57.6 Å². The van der Waals surface area contributed by atoms with Gasteiger partial charge in [-0.05, 0) is 50.2 Å². The fourth-order valence-corrected chi connectivity index (χ4v) is 4.35. The highest BCUT2D eigenvalue weighted by molar-refractivity contribution is 5.74. The quantitative estimate of drug-likeness (QED) is 0.897. The van der Waals surface area contributed by atoms with Crippen molar-refractivity contribution in [1.29, 1.82) is 0 Å². The Labute approximate surface area is 155 Å². The Morgan fingerprint density at radius 2 is 2.23 bits per heavy atom. The van der Waals surface area contributed by atoms with Gasteiger partial charge in [0.2, 0.25) is 5.88 Å². The Hall–Kier alpha value is -1.82. The Kier molecular flexibility index (Phi) is 5.29. The third-order valence-corrected chi connectivity index (χ3v) is 5.99. The van der Waals surface area contributed by atoms with Gasteiger partial charge in [-0.3, -0.25) is 0 Å². The van der Waals surface area contributed by atoms with Crippen molar-refractivity contribution in [3.63, 3.8) is 0 Å². The number of nitrogens with one attached hydrogen (secondary N) is 1. The lowest BCUT2D eigenvalue weighted by Crippen LogP contribution is -2.39. The van der Waals surface area contributed by atoms with Gasteiger partial charge in [-0.15, -0.1) is 0 Å². The van der Waals surface area contributed by atoms with Crippen LogP contribution in [-0.4, -0.2) is 48.3 Å². The molecule has 2 aliphatic heterocycles. The summed E-state index contributed by atoms with van der Waals surface area (Å²) in [4.78, 5) is 18.7. The zero-order valence-electron chi connectivity index (χ0n) is 15.4. The molecule has 26 heavy (non-hydrogen) atoms. The van der Waals surface area contributed by atoms with Crippen molar-refractivity contribution in [2.24, 2.45) is 5.41 Å². The highest BCUT2D eigenvalue weighted by Gasteiger charge is 2.42. The molecular weight excluding hydrogens is 330 g/mol. The Morgan fingerprint density at radius 1 is 1.35 bits per heavy atom. The number of pyridine rings is 1. The van der Waals surface area contributed by atoms with Crippen molar-refractivity contribution in [3.8, 4) is 5.88 Å². The zero-order valence-corrected chi connectivity index (χ0v) is 15.4. The molecule has 6 heteroatoms. The molecule has 1 aromatic heterocycles. The van der Waals surface area contributed by atoms with Crippen LogP contribution in [0.25, 0.3) is 0 Å². The molecule has 4 rings (SSSR count). The molecule has 3 heterocycles. The average molecular weight is 359 g/mol. The van der Waals surface area contributed by atoms with E-state index in [1.807, 2.05) is 17.0 Å². The van der Waals surface area contributed by atoms with E-state index >= 15 is 0 Å². The van der Waals surface area contributed by atoms with Crippen LogP contribution < -0.4 is 10.1 Å². The highest BCUT2D eigenvalue weighted by atomic mass is 16.5. The first kappa shape index (κ1) is 17.6. The summed E-state index contributed by atoms with van der Waals surface area (Å²) in [6.45, 7) is 3.76. The highest BCUT2D eigenvalue weighted by Crippen LogP contribution is 2.38. The molecular formula is C20H29N3O3. The summed E-state index contributed by atoms with van der Waals surface area (Å²) in [7, 11) is 0. The van der Waals surface area contributed by atoms with Gasteiger partial charge < -0.3 is 19.7 Å². The monoisotopic (exact) mass is 359 g/mol. The SMILES string of the molecule is O=C(NCc1ccnc(OC2CCCCC2)c1)N1CCC2(CCOC2)C1. The summed E-state index contributed by atoms with van der Waals surface area (Å²) >= 11 is 0. The summed E-state index contributed by atoms with van der Waals surface area (Å²) < 4.78 is 11.6. The van der Waals surface area contributed by atoms with Gasteiger partial charge in [-0.2, -0.15) is 0 Å². The lowest BCUT2D eigenvalue weighted by atomic mass is 9.87. The van der Waals surface area contributed by atoms with E-state index in [-0.39, 0.29) is 17.6 Å². The predicted molar refractivity (Wildman–Crippen MR) is 98.0 cm³/mol. The van der Waals surface area contributed by atoms with E-state index in [1.165, 1.54) is 19.3 Å². The Morgan fingerprint density at radius 3 is 3.04 bits per heavy atom. The van der Waals surface area contributed by atoms with Gasteiger partial charge in [-0.1, -0.05) is 6.42 Å². The van der Waals surface area contributed by atoms with E-state index in [2.05, 4.69) is 10.3 Å². The molecule has 3 aliphatic rings. The minimum atomic E-state index is 0.0142. The minimum absolute atomic E-state index is 0.0142. The van der Waals surface area contributed by atoms with E-state index in [0.717, 1.165) is 57.6 Å². The number of urea groups is 1. The lowest BCUT2D eigenvalue weighted by molar-refractivity contribution is 0.148. The summed E-state index contributed by atoms with van der Waals surface area (Å²) in [5.41, 5.74) is 1.23. The van der Waals surface area contributed by atoms with E-state index < -0.39 is 0 Å². The van der Waals surface area contributed by atoms with Crippen LogP contribution in [0.3, 0.4) is 0 Å². The molecule has 1 N–H and O–H groups in total. The van der Waals surface area contributed by atoms with Crippen LogP contribution in [0.5, 0.6) is 5.88 Å². The summed E-state index contributed by atoms with van der Waals surface area (Å²) in [6, 6.07) is 3.90. The Bertz CT molecular complexity index is 624. The van der Waals surface area contributed by atoms with Gasteiger partial charge in [0.15, 0.2) is 0 Å². The lowest BCUT2D eigenvalue weighted by Gasteiger charge is -2.23. The van der Waals surface area contributed by atoms with Gasteiger partial charge >= 0.3 is 6.03 Å². The molecule has 2 amide bonds. The number of aromatic nitrogens is 1. The van der Waals surface area contributed by atoms with Crippen molar-refractivity contribution >= 4 is 6.03 Å². The Balaban J connectivity index is 1.27. The van der Waals surface area contributed by atoms with Crippen molar-refractivity contribution in [2.75, 3.05) is 26.3 Å². The number of hydrogen-bond acceptors (Lipinski definition) is 4. The van der Waals surface area contributed by atoms with Crippen LogP contribution in [-0.2, 0) is 11.3 Å². The second-order valence-electron chi connectivity index (χ2n) is 8.01. The first-order valence-corrected chi connectivity index (χ1v) is 9.95. The van der Waals surface area contributed by atoms with Crippen LogP contribution in [0.4, 0.5) is 4.79 Å². The van der Waals surface area contributed by atoms with E-state index in [4.69, 9.17) is 9.47 Å². The normalized spacial score (nSPS) is 26.4. The predicted octanol–water partition coefficient (Wildman–Crippen LogP) is 3.12. The maximum Gasteiger partial charge on any atom is 0.317 e. The molecule has 1 aromatic rings. The van der Waals surface area contributed by atoms with Crippen LogP contribution >= 0.6 is 0 Å². The van der Waals surface area contributed by atoms with Gasteiger partial charge in [-0.25, -0.2) is 9.78 Å². The first-order valence-electron chi connectivity index (χ1n) is 9.95. The summed E-state index contributed by atoms with van der Waals surface area (Å²) in [5.74, 6) is 0.673. The molecule has 0 radical (unpaired) electrons. The fourth-order valence-electron chi connectivity index (χ4n) is 4.35. The van der Waals surface area contributed by atoms with Crippen molar-refractivity contribution in [3.05, 3.63) is 23.9 Å². The second-order valence-corrected chi connectivity index (χ2v) is 8.01. The molecule has 0 aromatic carbocycles. The number of likely N-dealkylation sites (tertiary alicyclic amines) is 1. The molecule has 1 atom stereocenters. The summed E-state index contributed by atoms with van der Waals surface area (Å²) in [6.07, 6.45) is 10.2. The van der Waals surface area contributed by atoms with Crippen LogP contribution in [0.2, 0.25) is 0 Å². The van der Waals surface area contributed by atoms with Gasteiger partial charge in [0, 0.05) is 43.9 Å². The molecule has 0 bridgehead atoms. The largest absolute Gasteiger partial charge is 0.474 e. The van der Waals surface area contributed by atoms with Crippen LogP contribution in [0.15, 0.2) is 18.3 Å². The third kappa shape index (κ3) is 4.11. The van der Waals surface area contributed by atoms with Gasteiger partial charge in [0.05, 0.1) is 6.61 Å². The molecule has 1 spiro atoms. The maximum absolute atomic E-state index is 12.5. The number of carbonyl (C=O) groups excluding carboxylic acids is 1. The number of ether oxygens (including phenoxy) is 2. The standard InChI is InChI=1S/C20H29N3O3/c24-19(23-10-7-20(14-23)8-11-25-15-20)22-13-16-6-9-21-18(12-16)26-17-4-2-1-3-5-17/h6,9,12,17H,1-5,7-8,10-11,13-15H2,(H,22,24). The van der Waals surface area contributed by atoms with Crippen molar-refractivity contribution < 1.29 is 14.3 Å². The topological polar surface area (TPSA) is 63.7 Å². The minimum Gasteiger partial charge on any atom is -0.474 e. The van der Waals surface area contributed by atoms with Crippen LogP contribution in [0, 0.1) is 5.41 Å². The molecule has 1 saturated carbocycles. The number of rotatable bonds is 4. The molecule has 1 unspecified atom stereocenters. The molecule has 142 valence electrons. The van der Waals surface area contributed by atoms with Gasteiger partial charge in [0.1, 0.15) is 6.10 Å². The van der Waals surface area contributed by atoms with Crippen LogP contribution in [0.1, 0.15) is 50.5 Å². The number of hydrogen-bond donors (Lipinski definition) is 1. The fraction of sp³-hybridized carbons (Fsp3) is 0.700. The van der Waals surface area contributed by atoms with E-state index in [9.17, 15) is 4.79 Å². The van der Waals surface area contributed by atoms with Gasteiger partial charge in [0.25, 0.3) is 0 Å². The van der Waals surface area contributed by atoms with E-state index in [0.29, 0.717) is 12.4 Å². The average Bonchev–Trinajstić information content (AvgIpc) is 3.31. The number of carbonyl (C=O) groups is 1. The smallest absolute Gasteiger partial charge is 0.317 e. The molecule has 1 aliphatic carbocycles. The zero-order chi connectivity index (χ0) is 17.8. The number of nitrogens with zero attached hydrogens (tertiary/aromatic N) is 2. The summed E-state index contributed by atoms with van der Waals surface area (Å²) in [5, 5.41) is 3.04. The third-order valence-electron chi connectivity index (χ3n) is 5.99. The maximum atomic E-state index is 12.5. The second kappa shape index (κ2) is 7.82. The molecule has 3 fully saturated rings. The first-order chi connectivity index (χ1) is 12.7.